The van der Waals surface area contributed by atoms with Crippen LogP contribution < -0.4 is 20.3 Å². The Hall–Kier alpha value is -1.17. The summed E-state index contributed by atoms with van der Waals surface area (Å²) in [5.74, 6) is 1.67. The summed E-state index contributed by atoms with van der Waals surface area (Å²) < 4.78 is 5.65. The molecule has 1 amide bonds. The molecular weight excluding hydrogens is 361 g/mol. The Morgan fingerprint density at radius 3 is 2.88 bits per heavy atom. The van der Waals surface area contributed by atoms with Gasteiger partial charge in [0.2, 0.25) is 5.91 Å². The fourth-order valence-corrected chi connectivity index (χ4v) is 4.18. The lowest BCUT2D eigenvalue weighted by atomic mass is 9.85. The van der Waals surface area contributed by atoms with E-state index in [1.807, 2.05) is 18.2 Å². The molecule has 0 radical (unpaired) electrons. The van der Waals surface area contributed by atoms with Gasteiger partial charge in [-0.25, -0.2) is 0 Å². The number of amides is 1. The lowest BCUT2D eigenvalue weighted by Crippen LogP contribution is -2.40. The molecule has 4 rings (SSSR count). The second kappa shape index (κ2) is 8.47. The Morgan fingerprint density at radius 2 is 2.08 bits per heavy atom. The Morgan fingerprint density at radius 1 is 1.28 bits per heavy atom. The minimum Gasteiger partial charge on any atom is -0.490 e. The molecule has 2 fully saturated rings. The molecular formula is C18H27Cl2N3O2. The van der Waals surface area contributed by atoms with Crippen molar-refractivity contribution in [1.82, 2.24) is 5.32 Å². The largest absolute Gasteiger partial charge is 0.490 e. The summed E-state index contributed by atoms with van der Waals surface area (Å²) in [5.41, 5.74) is 1.89. The lowest BCUT2D eigenvalue weighted by Gasteiger charge is -2.28. The fourth-order valence-electron chi connectivity index (χ4n) is 4.18. The van der Waals surface area contributed by atoms with E-state index in [-0.39, 0.29) is 36.8 Å². The second-order valence-corrected chi connectivity index (χ2v) is 7.05. The smallest absolute Gasteiger partial charge is 0.241 e. The van der Waals surface area contributed by atoms with Crippen LogP contribution in [0, 0.1) is 5.92 Å². The number of ether oxygens (including phenoxy) is 1. The molecule has 25 heavy (non-hydrogen) atoms. The third-order valence-corrected chi connectivity index (χ3v) is 5.50. The summed E-state index contributed by atoms with van der Waals surface area (Å²) in [6.45, 7) is 1.59. The van der Waals surface area contributed by atoms with Gasteiger partial charge >= 0.3 is 0 Å². The third-order valence-electron chi connectivity index (χ3n) is 5.50. The molecule has 1 saturated heterocycles. The Bertz CT molecular complexity index is 600. The van der Waals surface area contributed by atoms with Crippen molar-refractivity contribution in [3.63, 3.8) is 0 Å². The molecule has 5 nitrogen and oxygen atoms in total. The van der Waals surface area contributed by atoms with Crippen LogP contribution in [0.3, 0.4) is 0 Å². The molecule has 1 aromatic rings. The summed E-state index contributed by atoms with van der Waals surface area (Å²) in [7, 11) is 2.05. The molecule has 1 aliphatic carbocycles. The number of anilines is 2. The van der Waals surface area contributed by atoms with Crippen molar-refractivity contribution in [2.75, 3.05) is 30.4 Å². The van der Waals surface area contributed by atoms with Crippen molar-refractivity contribution in [2.24, 2.45) is 5.92 Å². The normalized spacial score (nSPS) is 27.1. The zero-order valence-electron chi connectivity index (χ0n) is 14.5. The van der Waals surface area contributed by atoms with Crippen LogP contribution in [0.4, 0.5) is 11.4 Å². The topological polar surface area (TPSA) is 53.6 Å². The number of likely N-dealkylation sites (N-methyl/N-ethyl adjacent to an activating group) is 1. The molecule has 2 heterocycles. The van der Waals surface area contributed by atoms with Gasteiger partial charge in [0.05, 0.1) is 18.3 Å². The molecule has 0 bridgehead atoms. The predicted octanol–water partition coefficient (Wildman–Crippen LogP) is 3.22. The average molecular weight is 388 g/mol. The van der Waals surface area contributed by atoms with E-state index in [1.165, 1.54) is 25.7 Å². The number of nitrogens with one attached hydrogen (secondary N) is 2. The quantitative estimate of drug-likeness (QED) is 0.817. The Kier molecular flexibility index (Phi) is 6.83. The molecule has 3 aliphatic rings. The highest BCUT2D eigenvalue weighted by Crippen LogP contribution is 2.35. The molecule has 140 valence electrons. The van der Waals surface area contributed by atoms with Gasteiger partial charge in [0.15, 0.2) is 0 Å². The third kappa shape index (κ3) is 4.15. The summed E-state index contributed by atoms with van der Waals surface area (Å²) in [5, 5.41) is 6.62. The van der Waals surface area contributed by atoms with Gasteiger partial charge in [0.1, 0.15) is 12.4 Å². The molecule has 3 unspecified atom stereocenters. The van der Waals surface area contributed by atoms with Crippen LogP contribution >= 0.6 is 24.8 Å². The lowest BCUT2D eigenvalue weighted by molar-refractivity contribution is -0.117. The van der Waals surface area contributed by atoms with Gasteiger partial charge < -0.3 is 20.3 Å². The van der Waals surface area contributed by atoms with Gasteiger partial charge in [0, 0.05) is 18.8 Å². The first-order valence-corrected chi connectivity index (χ1v) is 8.75. The van der Waals surface area contributed by atoms with Crippen molar-refractivity contribution >= 4 is 42.1 Å². The monoisotopic (exact) mass is 387 g/mol. The van der Waals surface area contributed by atoms with E-state index in [0.29, 0.717) is 18.6 Å². The average Bonchev–Trinajstić information content (AvgIpc) is 3.00. The highest BCUT2D eigenvalue weighted by molar-refractivity contribution is 5.95. The number of hydrogen-bond donors (Lipinski definition) is 2. The molecule has 2 aliphatic heterocycles. The van der Waals surface area contributed by atoms with E-state index in [2.05, 4.69) is 22.6 Å². The maximum atomic E-state index is 12.6. The van der Waals surface area contributed by atoms with E-state index in [1.54, 1.807) is 0 Å². The fraction of sp³-hybridized carbons (Fsp3) is 0.611. The highest BCUT2D eigenvalue weighted by Gasteiger charge is 2.38. The molecule has 1 aromatic carbocycles. The number of hydrogen-bond acceptors (Lipinski definition) is 4. The van der Waals surface area contributed by atoms with Crippen LogP contribution in [0.2, 0.25) is 0 Å². The van der Waals surface area contributed by atoms with E-state index in [0.717, 1.165) is 30.1 Å². The molecule has 0 aromatic heterocycles. The first-order chi connectivity index (χ1) is 11.2. The maximum absolute atomic E-state index is 12.6. The summed E-state index contributed by atoms with van der Waals surface area (Å²) in [6.07, 6.45) is 6.07. The molecule has 3 atom stereocenters. The van der Waals surface area contributed by atoms with Crippen molar-refractivity contribution in [1.29, 1.82) is 0 Å². The second-order valence-electron chi connectivity index (χ2n) is 7.05. The molecule has 2 N–H and O–H groups in total. The van der Waals surface area contributed by atoms with Gasteiger partial charge in [-0.15, -0.1) is 24.8 Å². The van der Waals surface area contributed by atoms with Crippen LogP contribution in [0.1, 0.15) is 32.1 Å². The van der Waals surface area contributed by atoms with Gasteiger partial charge in [-0.3, -0.25) is 4.79 Å². The number of carbonyl (C=O) groups is 1. The van der Waals surface area contributed by atoms with Crippen molar-refractivity contribution < 1.29 is 9.53 Å². The van der Waals surface area contributed by atoms with Crippen LogP contribution in [0.5, 0.6) is 5.75 Å². The SMILES string of the molecule is CN1CCOc2ccc(NC(=O)C3CC4CCCCC4N3)cc21.Cl.Cl. The minimum atomic E-state index is -0.0480. The minimum absolute atomic E-state index is 0. The van der Waals surface area contributed by atoms with E-state index in [9.17, 15) is 4.79 Å². The van der Waals surface area contributed by atoms with E-state index in [4.69, 9.17) is 4.74 Å². The number of rotatable bonds is 2. The number of carbonyl (C=O) groups excluding carboxylic acids is 1. The zero-order valence-corrected chi connectivity index (χ0v) is 16.1. The number of halogens is 2. The van der Waals surface area contributed by atoms with Crippen molar-refractivity contribution in [2.45, 2.75) is 44.2 Å². The summed E-state index contributed by atoms with van der Waals surface area (Å²) in [6, 6.07) is 6.38. The predicted molar refractivity (Wildman–Crippen MR) is 106 cm³/mol. The van der Waals surface area contributed by atoms with E-state index >= 15 is 0 Å². The van der Waals surface area contributed by atoms with Gasteiger partial charge in [0.25, 0.3) is 0 Å². The van der Waals surface area contributed by atoms with Crippen molar-refractivity contribution in [3.8, 4) is 5.75 Å². The maximum Gasteiger partial charge on any atom is 0.241 e. The van der Waals surface area contributed by atoms with Gasteiger partial charge in [-0.2, -0.15) is 0 Å². The van der Waals surface area contributed by atoms with Crippen LogP contribution in [-0.2, 0) is 4.79 Å². The van der Waals surface area contributed by atoms with Crippen LogP contribution in [-0.4, -0.2) is 38.2 Å². The van der Waals surface area contributed by atoms with E-state index < -0.39 is 0 Å². The highest BCUT2D eigenvalue weighted by atomic mass is 35.5. The Balaban J connectivity index is 0.00000113. The first-order valence-electron chi connectivity index (χ1n) is 8.75. The molecule has 7 heteroatoms. The van der Waals surface area contributed by atoms with Crippen LogP contribution in [0.25, 0.3) is 0 Å². The Labute approximate surface area is 161 Å². The standard InChI is InChI=1S/C18H25N3O2.2ClH/c1-21-8-9-23-17-7-6-13(11-16(17)21)19-18(22)15-10-12-4-2-3-5-14(12)20-15;;/h6-7,11-12,14-15,20H,2-5,8-10H2,1H3,(H,19,22);2*1H. The summed E-state index contributed by atoms with van der Waals surface area (Å²) >= 11 is 0. The number of fused-ring (bicyclic) bond motifs is 2. The number of nitrogens with zero attached hydrogens (tertiary/aromatic N) is 1. The zero-order chi connectivity index (χ0) is 15.8. The number of benzene rings is 1. The molecule has 1 saturated carbocycles. The van der Waals surface area contributed by atoms with Crippen molar-refractivity contribution in [3.05, 3.63) is 18.2 Å². The van der Waals surface area contributed by atoms with Gasteiger partial charge in [-0.1, -0.05) is 12.8 Å². The first kappa shape index (κ1) is 20.1. The van der Waals surface area contributed by atoms with Gasteiger partial charge in [-0.05, 0) is 43.4 Å². The molecule has 0 spiro atoms. The van der Waals surface area contributed by atoms with Crippen LogP contribution in [0.15, 0.2) is 18.2 Å². The summed E-state index contributed by atoms with van der Waals surface area (Å²) in [4.78, 5) is 14.8.